The minimum atomic E-state index is 1.41. The third-order valence-electron chi connectivity index (χ3n) is 2.88. The predicted octanol–water partition coefficient (Wildman–Crippen LogP) is 4.13. The lowest BCUT2D eigenvalue weighted by molar-refractivity contribution is 1.30. The van der Waals surface area contributed by atoms with Crippen molar-refractivity contribution in [3.63, 3.8) is 0 Å². The monoisotopic (exact) mass is 190 g/mol. The van der Waals surface area contributed by atoms with Gasteiger partial charge in [-0.05, 0) is 66.8 Å². The molecule has 2 aromatic rings. The zero-order valence-corrected chi connectivity index (χ0v) is 9.38. The zero-order valence-electron chi connectivity index (χ0n) is 8.56. The van der Waals surface area contributed by atoms with Crippen LogP contribution in [0.1, 0.15) is 22.3 Å². The fourth-order valence-electron chi connectivity index (χ4n) is 1.84. The van der Waals surface area contributed by atoms with E-state index in [1.54, 1.807) is 0 Å². The quantitative estimate of drug-likeness (QED) is 0.586. The van der Waals surface area contributed by atoms with Crippen molar-refractivity contribution in [3.05, 3.63) is 33.7 Å². The van der Waals surface area contributed by atoms with E-state index >= 15 is 0 Å². The van der Waals surface area contributed by atoms with E-state index in [-0.39, 0.29) is 0 Å². The van der Waals surface area contributed by atoms with Crippen molar-refractivity contribution in [2.45, 2.75) is 27.7 Å². The van der Waals surface area contributed by atoms with E-state index in [9.17, 15) is 0 Å². The van der Waals surface area contributed by atoms with Crippen LogP contribution in [0, 0.1) is 27.7 Å². The van der Waals surface area contributed by atoms with Crippen LogP contribution in [0.3, 0.4) is 0 Å². The van der Waals surface area contributed by atoms with Crippen molar-refractivity contribution in [2.75, 3.05) is 0 Å². The van der Waals surface area contributed by atoms with Gasteiger partial charge in [-0.25, -0.2) is 0 Å². The molecule has 0 nitrogen and oxygen atoms in total. The Morgan fingerprint density at radius 3 is 2.31 bits per heavy atom. The van der Waals surface area contributed by atoms with E-state index in [1.807, 2.05) is 11.3 Å². The van der Waals surface area contributed by atoms with Gasteiger partial charge in [0.2, 0.25) is 0 Å². The van der Waals surface area contributed by atoms with Gasteiger partial charge >= 0.3 is 0 Å². The van der Waals surface area contributed by atoms with E-state index in [0.29, 0.717) is 0 Å². The fourth-order valence-corrected chi connectivity index (χ4v) is 2.94. The molecule has 0 aliphatic rings. The van der Waals surface area contributed by atoms with Gasteiger partial charge in [-0.15, -0.1) is 11.3 Å². The smallest absolute Gasteiger partial charge is 0.0350 e. The highest BCUT2D eigenvalue weighted by Crippen LogP contribution is 2.31. The van der Waals surface area contributed by atoms with Gasteiger partial charge in [0, 0.05) is 4.70 Å². The first-order valence-electron chi connectivity index (χ1n) is 4.56. The topological polar surface area (TPSA) is 0 Å². The summed E-state index contributed by atoms with van der Waals surface area (Å²) >= 11 is 1.85. The summed E-state index contributed by atoms with van der Waals surface area (Å²) in [5.74, 6) is 0. The molecule has 0 N–H and O–H groups in total. The van der Waals surface area contributed by atoms with Crippen LogP contribution in [0.2, 0.25) is 0 Å². The standard InChI is InChI=1S/C12H14S/c1-7-5-11-12(8(2)6-13-11)10(4)9(7)3/h5-6H,1-4H3. The van der Waals surface area contributed by atoms with Gasteiger partial charge in [0.25, 0.3) is 0 Å². The Labute approximate surface area is 83.2 Å². The Morgan fingerprint density at radius 2 is 1.62 bits per heavy atom. The molecule has 0 amide bonds. The Kier molecular flexibility index (Phi) is 1.92. The first-order chi connectivity index (χ1) is 6.11. The second-order valence-electron chi connectivity index (χ2n) is 3.74. The van der Waals surface area contributed by atoms with Gasteiger partial charge < -0.3 is 0 Å². The molecule has 1 aromatic heterocycles. The molecule has 1 aromatic carbocycles. The van der Waals surface area contributed by atoms with Crippen LogP contribution < -0.4 is 0 Å². The molecule has 0 radical (unpaired) electrons. The summed E-state index contributed by atoms with van der Waals surface area (Å²) in [7, 11) is 0. The molecule has 1 heteroatoms. The molecule has 68 valence electrons. The third-order valence-corrected chi connectivity index (χ3v) is 3.93. The normalized spacial score (nSPS) is 11.1. The van der Waals surface area contributed by atoms with E-state index in [4.69, 9.17) is 0 Å². The van der Waals surface area contributed by atoms with Gasteiger partial charge in [-0.2, -0.15) is 0 Å². The van der Waals surface area contributed by atoms with Gasteiger partial charge in [0.05, 0.1) is 0 Å². The molecular formula is C12H14S. The van der Waals surface area contributed by atoms with Gasteiger partial charge in [-0.1, -0.05) is 0 Å². The summed E-state index contributed by atoms with van der Waals surface area (Å²) in [6.45, 7) is 8.82. The molecule has 1 heterocycles. The van der Waals surface area contributed by atoms with Crippen molar-refractivity contribution < 1.29 is 0 Å². The van der Waals surface area contributed by atoms with Gasteiger partial charge in [0.1, 0.15) is 0 Å². The highest BCUT2D eigenvalue weighted by molar-refractivity contribution is 7.17. The number of hydrogen-bond donors (Lipinski definition) is 0. The number of rotatable bonds is 0. The van der Waals surface area contributed by atoms with Crippen LogP contribution in [0.4, 0.5) is 0 Å². The van der Waals surface area contributed by atoms with Crippen molar-refractivity contribution in [2.24, 2.45) is 0 Å². The Hall–Kier alpha value is -0.820. The summed E-state index contributed by atoms with van der Waals surface area (Å²) in [6, 6.07) is 2.30. The number of hydrogen-bond acceptors (Lipinski definition) is 1. The molecule has 0 saturated heterocycles. The third kappa shape index (κ3) is 1.19. The van der Waals surface area contributed by atoms with Crippen LogP contribution in [0.25, 0.3) is 10.1 Å². The molecule has 0 fully saturated rings. The number of fused-ring (bicyclic) bond motifs is 1. The first kappa shape index (κ1) is 8.76. The molecule has 0 spiro atoms. The van der Waals surface area contributed by atoms with Crippen molar-refractivity contribution in [1.29, 1.82) is 0 Å². The van der Waals surface area contributed by atoms with Crippen LogP contribution in [-0.2, 0) is 0 Å². The Balaban J connectivity index is 2.97. The molecule has 0 atom stereocenters. The second-order valence-corrected chi connectivity index (χ2v) is 4.65. The summed E-state index contributed by atoms with van der Waals surface area (Å²) in [5.41, 5.74) is 5.72. The summed E-state index contributed by atoms with van der Waals surface area (Å²) in [4.78, 5) is 0. The maximum atomic E-state index is 2.30. The van der Waals surface area contributed by atoms with Crippen LogP contribution >= 0.6 is 11.3 Å². The Morgan fingerprint density at radius 1 is 0.923 bits per heavy atom. The number of aryl methyl sites for hydroxylation is 3. The molecule has 0 aliphatic carbocycles. The first-order valence-corrected chi connectivity index (χ1v) is 5.44. The molecule has 13 heavy (non-hydrogen) atoms. The predicted molar refractivity (Wildman–Crippen MR) is 60.8 cm³/mol. The van der Waals surface area contributed by atoms with Crippen LogP contribution in [0.5, 0.6) is 0 Å². The zero-order chi connectivity index (χ0) is 9.59. The molecule has 0 unspecified atom stereocenters. The summed E-state index contributed by atoms with van der Waals surface area (Å²) < 4.78 is 1.43. The number of benzene rings is 1. The van der Waals surface area contributed by atoms with Gasteiger partial charge in [0.15, 0.2) is 0 Å². The lowest BCUT2D eigenvalue weighted by atomic mass is 9.99. The Bertz CT molecular complexity index is 463. The SMILES string of the molecule is Cc1cc2scc(C)c2c(C)c1C. The maximum Gasteiger partial charge on any atom is 0.0350 e. The highest BCUT2D eigenvalue weighted by Gasteiger charge is 2.07. The van der Waals surface area contributed by atoms with Crippen LogP contribution in [-0.4, -0.2) is 0 Å². The van der Waals surface area contributed by atoms with E-state index in [1.165, 1.54) is 32.3 Å². The summed E-state index contributed by atoms with van der Waals surface area (Å²) in [5, 5.41) is 3.71. The molecule has 0 aliphatic heterocycles. The molecular weight excluding hydrogens is 176 g/mol. The summed E-state index contributed by atoms with van der Waals surface area (Å²) in [6.07, 6.45) is 0. The second kappa shape index (κ2) is 2.85. The minimum absolute atomic E-state index is 1.41. The lowest BCUT2D eigenvalue weighted by Crippen LogP contribution is -1.87. The average Bonchev–Trinajstić information content (AvgIpc) is 2.43. The largest absolute Gasteiger partial charge is 0.144 e. The molecule has 2 rings (SSSR count). The van der Waals surface area contributed by atoms with Crippen LogP contribution in [0.15, 0.2) is 11.4 Å². The van der Waals surface area contributed by atoms with E-state index in [2.05, 4.69) is 39.1 Å². The molecule has 0 saturated carbocycles. The highest BCUT2D eigenvalue weighted by atomic mass is 32.1. The maximum absolute atomic E-state index is 2.30. The minimum Gasteiger partial charge on any atom is -0.144 e. The lowest BCUT2D eigenvalue weighted by Gasteiger charge is -2.06. The molecule has 0 bridgehead atoms. The van der Waals surface area contributed by atoms with E-state index < -0.39 is 0 Å². The van der Waals surface area contributed by atoms with E-state index in [0.717, 1.165) is 0 Å². The fraction of sp³-hybridized carbons (Fsp3) is 0.333. The van der Waals surface area contributed by atoms with Crippen molar-refractivity contribution in [3.8, 4) is 0 Å². The number of thiophene rings is 1. The van der Waals surface area contributed by atoms with Gasteiger partial charge in [-0.3, -0.25) is 0 Å². The van der Waals surface area contributed by atoms with Crippen molar-refractivity contribution >= 4 is 21.4 Å². The van der Waals surface area contributed by atoms with Crippen molar-refractivity contribution in [1.82, 2.24) is 0 Å². The average molecular weight is 190 g/mol.